The summed E-state index contributed by atoms with van der Waals surface area (Å²) < 4.78 is 6.55. The van der Waals surface area contributed by atoms with Gasteiger partial charge in [-0.15, -0.1) is 0 Å². The van der Waals surface area contributed by atoms with Crippen molar-refractivity contribution < 1.29 is 4.74 Å². The van der Waals surface area contributed by atoms with E-state index in [2.05, 4.69) is 176 Å². The van der Waals surface area contributed by atoms with Crippen LogP contribution < -0.4 is 0 Å². The van der Waals surface area contributed by atoms with Crippen molar-refractivity contribution in [2.45, 2.75) is 80.8 Å². The third kappa shape index (κ3) is 6.79. The third-order valence-electron chi connectivity index (χ3n) is 15.1. The van der Waals surface area contributed by atoms with Crippen LogP contribution in [0.3, 0.4) is 0 Å². The first kappa shape index (κ1) is 36.9. The quantitative estimate of drug-likeness (QED) is 0.161. The topological polar surface area (TPSA) is 35.0 Å². The van der Waals surface area contributed by atoms with E-state index in [1.54, 1.807) is 0 Å². The molecule has 300 valence electrons. The minimum atomic E-state index is 0.281. The molecular weight excluding hydrogens is 741 g/mol. The van der Waals surface area contributed by atoms with E-state index in [0.717, 1.165) is 53.2 Å². The van der Waals surface area contributed by atoms with Crippen LogP contribution in [0.15, 0.2) is 182 Å². The van der Waals surface area contributed by atoms with Gasteiger partial charge in [-0.1, -0.05) is 170 Å². The van der Waals surface area contributed by atoms with Gasteiger partial charge in [0.05, 0.1) is 23.6 Å². The lowest BCUT2D eigenvalue weighted by atomic mass is 9.67. The first-order valence-electron chi connectivity index (χ1n) is 22.9. The van der Waals surface area contributed by atoms with Crippen molar-refractivity contribution >= 4 is 5.57 Å². The Kier molecular flexibility index (Phi) is 9.40. The van der Waals surface area contributed by atoms with Crippen LogP contribution in [-0.4, -0.2) is 22.2 Å². The van der Waals surface area contributed by atoms with Crippen molar-refractivity contribution in [2.75, 3.05) is 0 Å². The lowest BCUT2D eigenvalue weighted by molar-refractivity contribution is 0.0271. The van der Waals surface area contributed by atoms with Gasteiger partial charge in [0.15, 0.2) is 5.82 Å². The van der Waals surface area contributed by atoms with Gasteiger partial charge in [-0.05, 0) is 108 Å². The Balaban J connectivity index is 0.769. The van der Waals surface area contributed by atoms with Crippen LogP contribution in [-0.2, 0) is 4.74 Å². The summed E-state index contributed by atoms with van der Waals surface area (Å²) in [7, 11) is 0. The molecule has 2 heterocycles. The highest BCUT2D eigenvalue weighted by molar-refractivity contribution is 5.78. The van der Waals surface area contributed by atoms with Crippen molar-refractivity contribution in [3.8, 4) is 33.6 Å². The van der Waals surface area contributed by atoms with E-state index in [9.17, 15) is 0 Å². The fourth-order valence-corrected chi connectivity index (χ4v) is 11.9. The summed E-state index contributed by atoms with van der Waals surface area (Å²) in [4.78, 5) is 10.4. The predicted molar refractivity (Wildman–Crippen MR) is 249 cm³/mol. The Hall–Kier alpha value is -5.90. The number of aromatic nitrogens is 2. The Morgan fingerprint density at radius 3 is 2.20 bits per heavy atom. The highest BCUT2D eigenvalue weighted by Crippen LogP contribution is 2.52. The maximum atomic E-state index is 6.55. The minimum absolute atomic E-state index is 0.281. The van der Waals surface area contributed by atoms with Crippen LogP contribution in [0.4, 0.5) is 0 Å². The molecule has 1 saturated heterocycles. The second kappa shape index (κ2) is 15.5. The Labute approximate surface area is 360 Å². The zero-order valence-corrected chi connectivity index (χ0v) is 34.7. The van der Waals surface area contributed by atoms with E-state index in [-0.39, 0.29) is 6.10 Å². The summed E-state index contributed by atoms with van der Waals surface area (Å²) in [5.74, 6) is 4.36. The summed E-state index contributed by atoms with van der Waals surface area (Å²) in [5, 5.41) is 0. The molecule has 2 fully saturated rings. The lowest BCUT2D eigenvalue weighted by Gasteiger charge is -2.36. The normalized spacial score (nSPS) is 29.1. The molecule has 4 aromatic carbocycles. The zero-order valence-electron chi connectivity index (χ0n) is 34.7. The second-order valence-corrected chi connectivity index (χ2v) is 18.4. The molecule has 1 aliphatic heterocycles. The van der Waals surface area contributed by atoms with Gasteiger partial charge < -0.3 is 4.74 Å². The summed E-state index contributed by atoms with van der Waals surface area (Å²) >= 11 is 0. The van der Waals surface area contributed by atoms with E-state index in [0.29, 0.717) is 47.5 Å². The highest BCUT2D eigenvalue weighted by Gasteiger charge is 2.46. The van der Waals surface area contributed by atoms with Gasteiger partial charge in [-0.25, -0.2) is 9.97 Å². The fourth-order valence-electron chi connectivity index (χ4n) is 11.9. The smallest absolute Gasteiger partial charge is 0.160 e. The molecule has 61 heavy (non-hydrogen) atoms. The molecule has 0 spiro atoms. The van der Waals surface area contributed by atoms with E-state index >= 15 is 0 Å². The standard InChI is InChI=1S/C58H52N2O/c1-2-10-41(11-3-1)54-36-55(42-26-22-38(23-27-42)37-18-20-40(21-19-37)45-31-33-52-51-16-8-9-17-56(51)61-57(52)35-45)60-58(59-54)43-28-24-39(25-29-43)44-30-32-50-48-14-5-4-12-46(48)47-13-6-7-15-49(47)53(50)34-44/h1-3,5-11,13-18,20-24,26-30,32,34,36-37,39,45-46,48,51-52,56-57H,4,12,19,25,31,33,35H2. The van der Waals surface area contributed by atoms with Crippen LogP contribution in [0.2, 0.25) is 0 Å². The van der Waals surface area contributed by atoms with Gasteiger partial charge in [0, 0.05) is 40.4 Å². The molecule has 9 atom stereocenters. The average Bonchev–Trinajstić information content (AvgIpc) is 3.72. The van der Waals surface area contributed by atoms with Gasteiger partial charge in [-0.3, -0.25) is 0 Å². The molecule has 1 aromatic heterocycles. The maximum Gasteiger partial charge on any atom is 0.160 e. The molecule has 12 rings (SSSR count). The van der Waals surface area contributed by atoms with E-state index in [1.807, 2.05) is 0 Å². The molecule has 0 N–H and O–H groups in total. The van der Waals surface area contributed by atoms with Gasteiger partial charge in [-0.2, -0.15) is 0 Å². The second-order valence-electron chi connectivity index (χ2n) is 18.4. The van der Waals surface area contributed by atoms with E-state index < -0.39 is 0 Å². The number of ether oxygens (including phenoxy) is 1. The molecule has 0 radical (unpaired) electrons. The van der Waals surface area contributed by atoms with Crippen molar-refractivity contribution in [1.29, 1.82) is 0 Å². The zero-order chi connectivity index (χ0) is 40.3. The molecule has 0 bridgehead atoms. The van der Waals surface area contributed by atoms with E-state index in [4.69, 9.17) is 14.7 Å². The average molecular weight is 793 g/mol. The first-order chi connectivity index (χ1) is 30.2. The monoisotopic (exact) mass is 792 g/mol. The van der Waals surface area contributed by atoms with Gasteiger partial charge in [0.1, 0.15) is 0 Å². The lowest BCUT2D eigenvalue weighted by Crippen LogP contribution is -2.29. The van der Waals surface area contributed by atoms with Crippen LogP contribution >= 0.6 is 0 Å². The summed E-state index contributed by atoms with van der Waals surface area (Å²) in [6.07, 6.45) is 36.9. The third-order valence-corrected chi connectivity index (χ3v) is 15.1. The van der Waals surface area contributed by atoms with Crippen molar-refractivity contribution in [2.24, 2.45) is 17.8 Å². The van der Waals surface area contributed by atoms with E-state index in [1.165, 1.54) is 64.6 Å². The van der Waals surface area contributed by atoms with Crippen LogP contribution in [0.1, 0.15) is 96.7 Å². The predicted octanol–water partition coefficient (Wildman–Crippen LogP) is 14.0. The Morgan fingerprint density at radius 1 is 0.590 bits per heavy atom. The number of allylic oxidation sites excluding steroid dienone is 12. The molecule has 3 nitrogen and oxygen atoms in total. The van der Waals surface area contributed by atoms with Crippen LogP contribution in [0.5, 0.6) is 0 Å². The number of hydrogen-bond donors (Lipinski definition) is 0. The van der Waals surface area contributed by atoms with Crippen molar-refractivity contribution in [3.63, 3.8) is 0 Å². The minimum Gasteiger partial charge on any atom is -0.370 e. The molecule has 3 heteroatoms. The number of nitrogens with zero attached hydrogens (tertiary/aromatic N) is 2. The summed E-state index contributed by atoms with van der Waals surface area (Å²) in [6.45, 7) is 0. The highest BCUT2D eigenvalue weighted by atomic mass is 16.5. The van der Waals surface area contributed by atoms with Crippen molar-refractivity contribution in [1.82, 2.24) is 9.97 Å². The number of fused-ring (bicyclic) bond motifs is 9. The Morgan fingerprint density at radius 2 is 1.36 bits per heavy atom. The van der Waals surface area contributed by atoms with Crippen LogP contribution in [0.25, 0.3) is 39.2 Å². The van der Waals surface area contributed by atoms with Crippen LogP contribution in [0, 0.1) is 17.8 Å². The Bertz CT molecular complexity index is 2710. The molecule has 6 aliphatic carbocycles. The first-order valence-corrected chi connectivity index (χ1v) is 22.9. The van der Waals surface area contributed by atoms with Crippen molar-refractivity contribution in [3.05, 3.63) is 210 Å². The molecule has 5 aromatic rings. The molecule has 0 amide bonds. The van der Waals surface area contributed by atoms with Gasteiger partial charge in [0.25, 0.3) is 0 Å². The van der Waals surface area contributed by atoms with Gasteiger partial charge in [0.2, 0.25) is 0 Å². The SMILES string of the molecule is C1=CC2OC3CC(C4=CCC(c5ccc(-c6cc(-c7ccccc7)nc(C7=CCC(c8ccc9c(c8)-c8ccccc8C8CCC=CC98)C=C7)n6)cc5)C=C4)CCC3C2C=C1. The molecule has 9 unspecified atom stereocenters. The fraction of sp³-hybridized carbons (Fsp3) is 0.276. The number of rotatable bonds is 6. The van der Waals surface area contributed by atoms with Gasteiger partial charge >= 0.3 is 0 Å². The maximum absolute atomic E-state index is 6.55. The summed E-state index contributed by atoms with van der Waals surface area (Å²) in [5.41, 5.74) is 15.2. The summed E-state index contributed by atoms with van der Waals surface area (Å²) in [6, 6.07) is 38.2. The largest absolute Gasteiger partial charge is 0.370 e. The molecular formula is C58H52N2O. The number of benzene rings is 4. The molecule has 1 saturated carbocycles. The molecule has 7 aliphatic rings. The number of hydrogen-bond acceptors (Lipinski definition) is 3.